The Balaban J connectivity index is 2.16. The highest BCUT2D eigenvalue weighted by Crippen LogP contribution is 2.12. The van der Waals surface area contributed by atoms with Crippen LogP contribution in [0.15, 0.2) is 24.3 Å². The molecule has 0 aliphatic heterocycles. The van der Waals surface area contributed by atoms with Crippen molar-refractivity contribution in [3.05, 3.63) is 29.8 Å². The van der Waals surface area contributed by atoms with Gasteiger partial charge in [-0.25, -0.2) is 0 Å². The van der Waals surface area contributed by atoms with E-state index in [0.29, 0.717) is 37.1 Å². The average Bonchev–Trinajstić information content (AvgIpc) is 2.72. The fourth-order valence-electron chi connectivity index (χ4n) is 3.23. The van der Waals surface area contributed by atoms with Gasteiger partial charge < -0.3 is 15.7 Å². The Bertz CT molecular complexity index is 629. The number of aliphatic carboxylic acids is 1. The Morgan fingerprint density at radius 3 is 1.97 bits per heavy atom. The van der Waals surface area contributed by atoms with Crippen LogP contribution in [0.25, 0.3) is 0 Å². The van der Waals surface area contributed by atoms with Gasteiger partial charge in [0.2, 0.25) is 5.91 Å². The molecule has 6 nitrogen and oxygen atoms in total. The summed E-state index contributed by atoms with van der Waals surface area (Å²) < 4.78 is 0. The second-order valence-corrected chi connectivity index (χ2v) is 7.81. The van der Waals surface area contributed by atoms with E-state index < -0.39 is 5.97 Å². The highest BCUT2D eigenvalue weighted by Gasteiger charge is 2.07. The number of benzene rings is 1. The average molecular weight is 419 g/mol. The summed E-state index contributed by atoms with van der Waals surface area (Å²) in [6.45, 7) is 2.91. The van der Waals surface area contributed by atoms with E-state index in [4.69, 9.17) is 5.11 Å². The van der Waals surface area contributed by atoms with Crippen LogP contribution < -0.4 is 10.6 Å². The number of rotatable bonds is 17. The van der Waals surface area contributed by atoms with E-state index in [0.717, 1.165) is 19.3 Å². The van der Waals surface area contributed by atoms with Gasteiger partial charge in [-0.3, -0.25) is 14.4 Å². The van der Waals surface area contributed by atoms with Crippen molar-refractivity contribution in [1.29, 1.82) is 0 Å². The van der Waals surface area contributed by atoms with Crippen LogP contribution in [0.1, 0.15) is 101 Å². The molecule has 0 fully saturated rings. The minimum absolute atomic E-state index is 0.0887. The maximum Gasteiger partial charge on any atom is 0.303 e. The third-order valence-corrected chi connectivity index (χ3v) is 5.04. The van der Waals surface area contributed by atoms with Crippen molar-refractivity contribution in [2.75, 3.05) is 11.9 Å². The third-order valence-electron chi connectivity index (χ3n) is 5.04. The molecule has 6 heteroatoms. The Morgan fingerprint density at radius 1 is 0.767 bits per heavy atom. The molecule has 1 aromatic rings. The van der Waals surface area contributed by atoms with E-state index in [2.05, 4.69) is 17.6 Å². The second-order valence-electron chi connectivity index (χ2n) is 7.81. The summed E-state index contributed by atoms with van der Waals surface area (Å²) in [6, 6.07) is 6.89. The summed E-state index contributed by atoms with van der Waals surface area (Å²) in [5, 5.41) is 14.3. The summed E-state index contributed by atoms with van der Waals surface area (Å²) in [6.07, 6.45) is 12.4. The molecule has 1 rings (SSSR count). The van der Waals surface area contributed by atoms with Crippen LogP contribution in [0, 0.1) is 0 Å². The van der Waals surface area contributed by atoms with Gasteiger partial charge in [0, 0.05) is 30.6 Å². The SMILES string of the molecule is CCCCCCCCCCNC(=O)c1ccc(NC(=O)CCCCCC(=O)O)cc1. The number of hydrogen-bond donors (Lipinski definition) is 3. The monoisotopic (exact) mass is 418 g/mol. The van der Waals surface area contributed by atoms with Crippen LogP contribution in [-0.2, 0) is 9.59 Å². The van der Waals surface area contributed by atoms with Gasteiger partial charge in [0.05, 0.1) is 0 Å². The minimum Gasteiger partial charge on any atom is -0.481 e. The van der Waals surface area contributed by atoms with Crippen LogP contribution in [0.5, 0.6) is 0 Å². The number of unbranched alkanes of at least 4 members (excludes halogenated alkanes) is 9. The summed E-state index contributed by atoms with van der Waals surface area (Å²) in [5.41, 5.74) is 1.24. The lowest BCUT2D eigenvalue weighted by Gasteiger charge is -2.08. The standard InChI is InChI=1S/C24H38N2O4/c1-2-3-4-5-6-7-8-12-19-25-24(30)20-15-17-21(18-16-20)26-22(27)13-10-9-11-14-23(28)29/h15-18H,2-14,19H2,1H3,(H,25,30)(H,26,27)(H,28,29). The topological polar surface area (TPSA) is 95.5 Å². The zero-order valence-corrected chi connectivity index (χ0v) is 18.4. The maximum atomic E-state index is 12.2. The molecule has 0 atom stereocenters. The number of hydrogen-bond acceptors (Lipinski definition) is 3. The van der Waals surface area contributed by atoms with Crippen LogP contribution in [0.4, 0.5) is 5.69 Å². The molecule has 0 spiro atoms. The van der Waals surface area contributed by atoms with Gasteiger partial charge in [-0.15, -0.1) is 0 Å². The fraction of sp³-hybridized carbons (Fsp3) is 0.625. The minimum atomic E-state index is -0.804. The van der Waals surface area contributed by atoms with Gasteiger partial charge in [0.25, 0.3) is 5.91 Å². The first-order chi connectivity index (χ1) is 14.5. The van der Waals surface area contributed by atoms with Gasteiger partial charge in [0.15, 0.2) is 0 Å². The number of carboxylic acid groups (broad SMARTS) is 1. The van der Waals surface area contributed by atoms with Gasteiger partial charge in [-0.05, 0) is 43.5 Å². The van der Waals surface area contributed by atoms with Crippen molar-refractivity contribution >= 4 is 23.5 Å². The first kappa shape index (κ1) is 25.7. The summed E-state index contributed by atoms with van der Waals surface area (Å²) in [5.74, 6) is -0.993. The van der Waals surface area contributed by atoms with Crippen LogP contribution in [-0.4, -0.2) is 29.4 Å². The van der Waals surface area contributed by atoms with E-state index in [9.17, 15) is 14.4 Å². The molecule has 0 aromatic heterocycles. The van der Waals surface area contributed by atoms with Crippen molar-refractivity contribution in [2.24, 2.45) is 0 Å². The molecule has 0 aliphatic carbocycles. The summed E-state index contributed by atoms with van der Waals surface area (Å²) in [7, 11) is 0. The van der Waals surface area contributed by atoms with Crippen molar-refractivity contribution < 1.29 is 19.5 Å². The zero-order chi connectivity index (χ0) is 22.0. The van der Waals surface area contributed by atoms with Crippen molar-refractivity contribution in [3.8, 4) is 0 Å². The first-order valence-corrected chi connectivity index (χ1v) is 11.4. The smallest absolute Gasteiger partial charge is 0.303 e. The molecule has 168 valence electrons. The Labute approximate surface area is 180 Å². The van der Waals surface area contributed by atoms with Gasteiger partial charge >= 0.3 is 5.97 Å². The number of nitrogens with one attached hydrogen (secondary N) is 2. The molecule has 2 amide bonds. The molecule has 0 heterocycles. The van der Waals surface area contributed by atoms with E-state index >= 15 is 0 Å². The highest BCUT2D eigenvalue weighted by molar-refractivity contribution is 5.95. The molecule has 3 N–H and O–H groups in total. The summed E-state index contributed by atoms with van der Waals surface area (Å²) >= 11 is 0. The van der Waals surface area contributed by atoms with Gasteiger partial charge in [0.1, 0.15) is 0 Å². The zero-order valence-electron chi connectivity index (χ0n) is 18.4. The number of carbonyl (C=O) groups excluding carboxylic acids is 2. The molecule has 0 saturated heterocycles. The number of amides is 2. The normalized spacial score (nSPS) is 10.6. The lowest BCUT2D eigenvalue weighted by atomic mass is 10.1. The Hall–Kier alpha value is -2.37. The summed E-state index contributed by atoms with van der Waals surface area (Å²) in [4.78, 5) is 34.6. The number of carboxylic acids is 1. The molecule has 0 unspecified atom stereocenters. The number of carbonyl (C=O) groups is 3. The highest BCUT2D eigenvalue weighted by atomic mass is 16.4. The van der Waals surface area contributed by atoms with Crippen molar-refractivity contribution in [2.45, 2.75) is 90.4 Å². The molecule has 1 aromatic carbocycles. The molecule has 0 radical (unpaired) electrons. The Morgan fingerprint density at radius 2 is 1.33 bits per heavy atom. The van der Waals surface area contributed by atoms with Crippen LogP contribution >= 0.6 is 0 Å². The first-order valence-electron chi connectivity index (χ1n) is 11.4. The molecular weight excluding hydrogens is 380 g/mol. The predicted molar refractivity (Wildman–Crippen MR) is 121 cm³/mol. The fourth-order valence-corrected chi connectivity index (χ4v) is 3.23. The predicted octanol–water partition coefficient (Wildman–Crippen LogP) is 5.53. The van der Waals surface area contributed by atoms with Crippen molar-refractivity contribution in [3.63, 3.8) is 0 Å². The molecule has 0 bridgehead atoms. The molecule has 0 saturated carbocycles. The Kier molecular flexibility index (Phi) is 14.1. The third kappa shape index (κ3) is 13.0. The number of anilines is 1. The van der Waals surface area contributed by atoms with Gasteiger partial charge in [-0.2, -0.15) is 0 Å². The van der Waals surface area contributed by atoms with E-state index in [1.165, 1.54) is 38.5 Å². The maximum absolute atomic E-state index is 12.2. The molecular formula is C24H38N2O4. The van der Waals surface area contributed by atoms with Crippen LogP contribution in [0.2, 0.25) is 0 Å². The van der Waals surface area contributed by atoms with Gasteiger partial charge in [-0.1, -0.05) is 58.3 Å². The molecule has 0 aliphatic rings. The quantitative estimate of drug-likeness (QED) is 0.290. The van der Waals surface area contributed by atoms with E-state index in [-0.39, 0.29) is 18.2 Å². The largest absolute Gasteiger partial charge is 0.481 e. The van der Waals surface area contributed by atoms with Crippen LogP contribution in [0.3, 0.4) is 0 Å². The van der Waals surface area contributed by atoms with E-state index in [1.807, 2.05) is 0 Å². The lowest BCUT2D eigenvalue weighted by Crippen LogP contribution is -2.24. The lowest BCUT2D eigenvalue weighted by molar-refractivity contribution is -0.137. The van der Waals surface area contributed by atoms with E-state index in [1.54, 1.807) is 24.3 Å². The molecule has 30 heavy (non-hydrogen) atoms. The second kappa shape index (κ2) is 16.4. The van der Waals surface area contributed by atoms with Crippen molar-refractivity contribution in [1.82, 2.24) is 5.32 Å².